The van der Waals surface area contributed by atoms with Crippen LogP contribution in [0.15, 0.2) is 42.5 Å². The lowest BCUT2D eigenvalue weighted by molar-refractivity contribution is -0.123. The van der Waals surface area contributed by atoms with Crippen molar-refractivity contribution in [2.24, 2.45) is 0 Å². The number of nitrogens with zero attached hydrogens (tertiary/aromatic N) is 1. The first-order valence-electron chi connectivity index (χ1n) is 11.0. The van der Waals surface area contributed by atoms with Gasteiger partial charge in [0.05, 0.1) is 27.4 Å². The zero-order chi connectivity index (χ0) is 23.6. The van der Waals surface area contributed by atoms with Gasteiger partial charge in [-0.2, -0.15) is 0 Å². The summed E-state index contributed by atoms with van der Waals surface area (Å²) >= 11 is 0. The molecule has 2 amide bonds. The summed E-state index contributed by atoms with van der Waals surface area (Å²) in [6.45, 7) is 4.15. The number of ether oxygens (including phenoxy) is 4. The van der Waals surface area contributed by atoms with Crippen LogP contribution in [0.4, 0.5) is 0 Å². The van der Waals surface area contributed by atoms with Crippen LogP contribution in [0.2, 0.25) is 0 Å². The standard InChI is InChI=1S/C24H31N3O6/c1-4-32-20-7-5-6-8-21(20)33-18-11-13-27(14-12-18)16-23(28)25-26-24(29)17-9-10-19(30-2)22(15-17)31-3/h5-10,15,18H,4,11-14,16H2,1-3H3,(H,25,28)(H,26,29). The van der Waals surface area contributed by atoms with Gasteiger partial charge in [-0.05, 0) is 50.1 Å². The fourth-order valence-electron chi connectivity index (χ4n) is 3.61. The topological polar surface area (TPSA) is 98.4 Å². The van der Waals surface area contributed by atoms with Crippen molar-refractivity contribution in [1.29, 1.82) is 0 Å². The molecule has 0 radical (unpaired) electrons. The molecule has 1 saturated heterocycles. The number of methoxy groups -OCH3 is 2. The van der Waals surface area contributed by atoms with Crippen molar-refractivity contribution >= 4 is 11.8 Å². The lowest BCUT2D eigenvalue weighted by Crippen LogP contribution is -2.48. The molecular weight excluding hydrogens is 426 g/mol. The minimum absolute atomic E-state index is 0.0654. The Balaban J connectivity index is 1.42. The van der Waals surface area contributed by atoms with E-state index in [4.69, 9.17) is 18.9 Å². The summed E-state index contributed by atoms with van der Waals surface area (Å²) < 4.78 is 22.1. The van der Waals surface area contributed by atoms with Crippen molar-refractivity contribution in [2.45, 2.75) is 25.9 Å². The van der Waals surface area contributed by atoms with Crippen molar-refractivity contribution in [2.75, 3.05) is 40.5 Å². The van der Waals surface area contributed by atoms with E-state index in [0.717, 1.165) is 37.4 Å². The van der Waals surface area contributed by atoms with Crippen molar-refractivity contribution < 1.29 is 28.5 Å². The molecule has 9 nitrogen and oxygen atoms in total. The Kier molecular flexibility index (Phi) is 8.77. The van der Waals surface area contributed by atoms with E-state index in [-0.39, 0.29) is 18.6 Å². The maximum absolute atomic E-state index is 12.3. The summed E-state index contributed by atoms with van der Waals surface area (Å²) in [5, 5.41) is 0. The average molecular weight is 458 g/mol. The van der Waals surface area contributed by atoms with Gasteiger partial charge in [0.15, 0.2) is 23.0 Å². The third-order valence-electron chi connectivity index (χ3n) is 5.31. The second-order valence-corrected chi connectivity index (χ2v) is 7.55. The monoisotopic (exact) mass is 457 g/mol. The molecule has 0 atom stereocenters. The van der Waals surface area contributed by atoms with E-state index in [1.54, 1.807) is 18.2 Å². The molecule has 1 heterocycles. The Bertz CT molecular complexity index is 944. The number of hydrazine groups is 1. The van der Waals surface area contributed by atoms with Gasteiger partial charge in [-0.25, -0.2) is 0 Å². The van der Waals surface area contributed by atoms with Gasteiger partial charge in [0.2, 0.25) is 0 Å². The van der Waals surface area contributed by atoms with Crippen LogP contribution in [-0.4, -0.2) is 63.3 Å². The number of piperidine rings is 1. The minimum atomic E-state index is -0.440. The third kappa shape index (κ3) is 6.76. The molecule has 33 heavy (non-hydrogen) atoms. The molecule has 2 aromatic carbocycles. The predicted octanol–water partition coefficient (Wildman–Crippen LogP) is 2.41. The number of benzene rings is 2. The molecule has 1 aliphatic heterocycles. The quantitative estimate of drug-likeness (QED) is 0.558. The van der Waals surface area contributed by atoms with E-state index < -0.39 is 5.91 Å². The van der Waals surface area contributed by atoms with Crippen molar-refractivity contribution in [1.82, 2.24) is 15.8 Å². The number of likely N-dealkylation sites (tertiary alicyclic amines) is 1. The normalized spacial score (nSPS) is 14.3. The van der Waals surface area contributed by atoms with E-state index in [1.807, 2.05) is 36.1 Å². The number of para-hydroxylation sites is 2. The fraction of sp³-hybridized carbons (Fsp3) is 0.417. The lowest BCUT2D eigenvalue weighted by Gasteiger charge is -2.31. The molecule has 1 aliphatic rings. The number of carbonyl (C=O) groups excluding carboxylic acids is 2. The summed E-state index contributed by atoms with van der Waals surface area (Å²) in [4.78, 5) is 26.7. The number of hydrogen-bond donors (Lipinski definition) is 2. The fourth-order valence-corrected chi connectivity index (χ4v) is 3.61. The van der Waals surface area contributed by atoms with Gasteiger partial charge in [-0.15, -0.1) is 0 Å². The average Bonchev–Trinajstić information content (AvgIpc) is 2.84. The first-order valence-corrected chi connectivity index (χ1v) is 11.0. The van der Waals surface area contributed by atoms with Crippen molar-refractivity contribution in [3.63, 3.8) is 0 Å². The van der Waals surface area contributed by atoms with Crippen LogP contribution in [0.3, 0.4) is 0 Å². The highest BCUT2D eigenvalue weighted by atomic mass is 16.5. The zero-order valence-electron chi connectivity index (χ0n) is 19.3. The van der Waals surface area contributed by atoms with Crippen LogP contribution in [0.25, 0.3) is 0 Å². The van der Waals surface area contributed by atoms with E-state index >= 15 is 0 Å². The summed E-state index contributed by atoms with van der Waals surface area (Å²) in [5.74, 6) is 1.71. The van der Waals surface area contributed by atoms with Gasteiger partial charge in [0.25, 0.3) is 11.8 Å². The third-order valence-corrected chi connectivity index (χ3v) is 5.31. The zero-order valence-corrected chi connectivity index (χ0v) is 19.3. The summed E-state index contributed by atoms with van der Waals surface area (Å²) in [5.41, 5.74) is 5.25. The maximum Gasteiger partial charge on any atom is 0.269 e. The number of hydrogen-bond acceptors (Lipinski definition) is 7. The van der Waals surface area contributed by atoms with Gasteiger partial charge in [-0.3, -0.25) is 25.3 Å². The molecular formula is C24H31N3O6. The van der Waals surface area contributed by atoms with E-state index in [0.29, 0.717) is 23.7 Å². The van der Waals surface area contributed by atoms with Gasteiger partial charge in [0.1, 0.15) is 6.10 Å². The first-order chi connectivity index (χ1) is 16.0. The molecule has 0 aliphatic carbocycles. The molecule has 0 aromatic heterocycles. The van der Waals surface area contributed by atoms with Crippen LogP contribution in [0, 0.1) is 0 Å². The highest BCUT2D eigenvalue weighted by Crippen LogP contribution is 2.29. The van der Waals surface area contributed by atoms with Crippen LogP contribution in [0.1, 0.15) is 30.1 Å². The maximum atomic E-state index is 12.3. The summed E-state index contributed by atoms with van der Waals surface area (Å²) in [7, 11) is 3.01. The molecule has 3 rings (SSSR count). The molecule has 0 saturated carbocycles. The summed E-state index contributed by atoms with van der Waals surface area (Å²) in [6.07, 6.45) is 1.66. The van der Waals surface area contributed by atoms with Crippen LogP contribution in [0.5, 0.6) is 23.0 Å². The molecule has 2 aromatic rings. The Morgan fingerprint density at radius 2 is 1.64 bits per heavy atom. The smallest absolute Gasteiger partial charge is 0.269 e. The Morgan fingerprint density at radius 1 is 0.939 bits per heavy atom. The van der Waals surface area contributed by atoms with Crippen LogP contribution < -0.4 is 29.8 Å². The largest absolute Gasteiger partial charge is 0.493 e. The lowest BCUT2D eigenvalue weighted by atomic mass is 10.1. The number of amides is 2. The predicted molar refractivity (Wildman–Crippen MR) is 123 cm³/mol. The SMILES string of the molecule is CCOc1ccccc1OC1CCN(CC(=O)NNC(=O)c2ccc(OC)c(OC)c2)CC1. The second kappa shape index (κ2) is 12.0. The first kappa shape index (κ1) is 24.2. The Labute approximate surface area is 193 Å². The highest BCUT2D eigenvalue weighted by molar-refractivity contribution is 5.96. The number of nitrogens with one attached hydrogen (secondary N) is 2. The van der Waals surface area contributed by atoms with E-state index in [9.17, 15) is 9.59 Å². The molecule has 0 spiro atoms. The van der Waals surface area contributed by atoms with Gasteiger partial charge in [0, 0.05) is 18.7 Å². The second-order valence-electron chi connectivity index (χ2n) is 7.55. The van der Waals surface area contributed by atoms with Crippen LogP contribution in [-0.2, 0) is 4.79 Å². The minimum Gasteiger partial charge on any atom is -0.493 e. The summed E-state index contributed by atoms with van der Waals surface area (Å²) in [6, 6.07) is 12.4. The molecule has 1 fully saturated rings. The molecule has 9 heteroatoms. The number of rotatable bonds is 9. The van der Waals surface area contributed by atoms with E-state index in [2.05, 4.69) is 10.9 Å². The molecule has 0 unspecified atom stereocenters. The van der Waals surface area contributed by atoms with Gasteiger partial charge >= 0.3 is 0 Å². The van der Waals surface area contributed by atoms with Crippen molar-refractivity contribution in [3.05, 3.63) is 48.0 Å². The molecule has 0 bridgehead atoms. The molecule has 178 valence electrons. The number of carbonyl (C=O) groups is 2. The van der Waals surface area contributed by atoms with Crippen LogP contribution >= 0.6 is 0 Å². The van der Waals surface area contributed by atoms with E-state index in [1.165, 1.54) is 14.2 Å². The Morgan fingerprint density at radius 3 is 2.30 bits per heavy atom. The van der Waals surface area contributed by atoms with Gasteiger partial charge in [-0.1, -0.05) is 12.1 Å². The highest BCUT2D eigenvalue weighted by Gasteiger charge is 2.23. The van der Waals surface area contributed by atoms with Crippen molar-refractivity contribution in [3.8, 4) is 23.0 Å². The molecule has 2 N–H and O–H groups in total. The Hall–Kier alpha value is -3.46. The van der Waals surface area contributed by atoms with Gasteiger partial charge < -0.3 is 18.9 Å².